The van der Waals surface area contributed by atoms with Crippen molar-refractivity contribution in [3.05, 3.63) is 36.0 Å². The molecule has 2 amide bonds. The summed E-state index contributed by atoms with van der Waals surface area (Å²) in [7, 11) is 0. The molecule has 1 saturated heterocycles. The summed E-state index contributed by atoms with van der Waals surface area (Å²) in [5, 5.41) is 5.62. The number of urea groups is 1. The van der Waals surface area contributed by atoms with Crippen molar-refractivity contribution >= 4 is 17.4 Å². The normalized spacial score (nSPS) is 15.8. The fourth-order valence-electron chi connectivity index (χ4n) is 2.42. The highest BCUT2D eigenvalue weighted by molar-refractivity contribution is 5.90. The highest BCUT2D eigenvalue weighted by Gasteiger charge is 2.10. The largest absolute Gasteiger partial charge is 0.372 e. The molecule has 4 nitrogen and oxygen atoms in total. The van der Waals surface area contributed by atoms with E-state index >= 15 is 0 Å². The molecule has 2 N–H and O–H groups in total. The second kappa shape index (κ2) is 7.87. The molecule has 0 bridgehead atoms. The Morgan fingerprint density at radius 1 is 1.14 bits per heavy atom. The van der Waals surface area contributed by atoms with Crippen LogP contribution in [0.15, 0.2) is 36.0 Å². The van der Waals surface area contributed by atoms with Crippen molar-refractivity contribution in [2.45, 2.75) is 40.0 Å². The van der Waals surface area contributed by atoms with Crippen molar-refractivity contribution in [3.8, 4) is 0 Å². The van der Waals surface area contributed by atoms with Crippen molar-refractivity contribution in [1.29, 1.82) is 0 Å². The van der Waals surface area contributed by atoms with E-state index in [0.717, 1.165) is 24.4 Å². The topological polar surface area (TPSA) is 44.4 Å². The molecule has 0 aromatic heterocycles. The quantitative estimate of drug-likeness (QED) is 0.868. The van der Waals surface area contributed by atoms with Crippen molar-refractivity contribution in [3.63, 3.8) is 0 Å². The van der Waals surface area contributed by atoms with Gasteiger partial charge in [-0.3, -0.25) is 0 Å². The second-order valence-electron chi connectivity index (χ2n) is 6.24. The number of amides is 2. The van der Waals surface area contributed by atoms with E-state index in [9.17, 15) is 4.79 Å². The molecule has 1 heterocycles. The number of anilines is 2. The summed E-state index contributed by atoms with van der Waals surface area (Å²) in [5.74, 6) is 0.434. The average Bonchev–Trinajstić information content (AvgIpc) is 2.54. The first-order valence-corrected chi connectivity index (χ1v) is 8.15. The molecule has 0 spiro atoms. The Kier molecular flexibility index (Phi) is 5.87. The Balaban J connectivity index is 1.88. The van der Waals surface area contributed by atoms with Crippen molar-refractivity contribution in [1.82, 2.24) is 5.32 Å². The number of rotatable bonds is 4. The maximum absolute atomic E-state index is 11.8. The van der Waals surface area contributed by atoms with Gasteiger partial charge in [0, 0.05) is 30.7 Å². The minimum atomic E-state index is -0.203. The number of piperidine rings is 1. The minimum absolute atomic E-state index is 0.203. The summed E-state index contributed by atoms with van der Waals surface area (Å²) in [6.45, 7) is 8.48. The number of benzene rings is 1. The van der Waals surface area contributed by atoms with E-state index in [-0.39, 0.29) is 6.03 Å². The molecule has 0 aliphatic carbocycles. The van der Waals surface area contributed by atoms with E-state index in [1.54, 1.807) is 6.20 Å². The molecular formula is C18H27N3O. The molecule has 1 aromatic carbocycles. The van der Waals surface area contributed by atoms with Crippen LogP contribution in [0.25, 0.3) is 0 Å². The highest BCUT2D eigenvalue weighted by Crippen LogP contribution is 2.21. The zero-order chi connectivity index (χ0) is 15.9. The van der Waals surface area contributed by atoms with Gasteiger partial charge in [-0.05, 0) is 56.4 Å². The standard InChI is InChI=1S/C18H27N3O/c1-14(2)15(3)13-19-18(22)20-16-7-9-17(10-8-16)21-11-5-4-6-12-21/h7-10,13-14H,4-6,11-12H2,1-3H3,(H2,19,20,22)/b15-13+. The number of nitrogens with zero attached hydrogens (tertiary/aromatic N) is 1. The van der Waals surface area contributed by atoms with Crippen LogP contribution in [-0.4, -0.2) is 19.1 Å². The fourth-order valence-corrected chi connectivity index (χ4v) is 2.42. The number of carbonyl (C=O) groups excluding carboxylic acids is 1. The SMILES string of the molecule is C/C(=C\NC(=O)Nc1ccc(N2CCCCC2)cc1)C(C)C. The molecule has 120 valence electrons. The van der Waals surface area contributed by atoms with E-state index in [2.05, 4.69) is 41.5 Å². The van der Waals surface area contributed by atoms with Crippen LogP contribution in [0.1, 0.15) is 40.0 Å². The van der Waals surface area contributed by atoms with Gasteiger partial charge in [-0.1, -0.05) is 19.4 Å². The molecule has 1 fully saturated rings. The number of nitrogens with one attached hydrogen (secondary N) is 2. The summed E-state index contributed by atoms with van der Waals surface area (Å²) in [6.07, 6.45) is 5.63. The predicted molar refractivity (Wildman–Crippen MR) is 93.3 cm³/mol. The first kappa shape index (κ1) is 16.4. The average molecular weight is 301 g/mol. The lowest BCUT2D eigenvalue weighted by molar-refractivity contribution is 0.255. The van der Waals surface area contributed by atoms with Crippen molar-refractivity contribution in [2.75, 3.05) is 23.3 Å². The monoisotopic (exact) mass is 301 g/mol. The number of carbonyl (C=O) groups is 1. The van der Waals surface area contributed by atoms with Crippen LogP contribution in [0.3, 0.4) is 0 Å². The summed E-state index contributed by atoms with van der Waals surface area (Å²) in [4.78, 5) is 14.3. The summed E-state index contributed by atoms with van der Waals surface area (Å²) in [5.41, 5.74) is 3.20. The van der Waals surface area contributed by atoms with Gasteiger partial charge in [-0.15, -0.1) is 0 Å². The van der Waals surface area contributed by atoms with Gasteiger partial charge in [0.25, 0.3) is 0 Å². The molecule has 0 atom stereocenters. The minimum Gasteiger partial charge on any atom is -0.372 e. The van der Waals surface area contributed by atoms with Crippen molar-refractivity contribution in [2.24, 2.45) is 5.92 Å². The van der Waals surface area contributed by atoms with Crippen molar-refractivity contribution < 1.29 is 4.79 Å². The zero-order valence-electron chi connectivity index (χ0n) is 13.9. The second-order valence-corrected chi connectivity index (χ2v) is 6.24. The van der Waals surface area contributed by atoms with Crippen LogP contribution >= 0.6 is 0 Å². The van der Waals surface area contributed by atoms with Gasteiger partial charge >= 0.3 is 6.03 Å². The Morgan fingerprint density at radius 3 is 2.36 bits per heavy atom. The third kappa shape index (κ3) is 4.79. The van der Waals surface area contributed by atoms with Gasteiger partial charge in [0.15, 0.2) is 0 Å². The summed E-state index contributed by atoms with van der Waals surface area (Å²) < 4.78 is 0. The molecule has 2 rings (SSSR count). The molecule has 1 aliphatic heterocycles. The van der Waals surface area contributed by atoms with Crippen LogP contribution in [-0.2, 0) is 0 Å². The molecule has 1 aromatic rings. The summed E-state index contributed by atoms with van der Waals surface area (Å²) >= 11 is 0. The zero-order valence-corrected chi connectivity index (χ0v) is 13.9. The Morgan fingerprint density at radius 2 is 1.77 bits per heavy atom. The first-order valence-electron chi connectivity index (χ1n) is 8.15. The highest BCUT2D eigenvalue weighted by atomic mass is 16.2. The van der Waals surface area contributed by atoms with Crippen LogP contribution in [0.4, 0.5) is 16.2 Å². The van der Waals surface area contributed by atoms with Crippen LogP contribution in [0.2, 0.25) is 0 Å². The van der Waals surface area contributed by atoms with Gasteiger partial charge in [0.05, 0.1) is 0 Å². The molecule has 1 aliphatic rings. The van der Waals surface area contributed by atoms with Crippen LogP contribution in [0.5, 0.6) is 0 Å². The Bertz CT molecular complexity index is 514. The number of hydrogen-bond acceptors (Lipinski definition) is 2. The van der Waals surface area contributed by atoms with E-state index in [4.69, 9.17) is 0 Å². The third-order valence-corrected chi connectivity index (χ3v) is 4.19. The number of allylic oxidation sites excluding steroid dienone is 1. The van der Waals surface area contributed by atoms with E-state index in [1.165, 1.54) is 24.9 Å². The maximum Gasteiger partial charge on any atom is 0.323 e. The predicted octanol–water partition coefficient (Wildman–Crippen LogP) is 4.36. The van der Waals surface area contributed by atoms with Gasteiger partial charge in [0.2, 0.25) is 0 Å². The lowest BCUT2D eigenvalue weighted by Crippen LogP contribution is -2.29. The molecule has 22 heavy (non-hydrogen) atoms. The first-order chi connectivity index (χ1) is 10.6. The van der Waals surface area contributed by atoms with Gasteiger partial charge in [-0.25, -0.2) is 4.79 Å². The Hall–Kier alpha value is -1.97. The third-order valence-electron chi connectivity index (χ3n) is 4.19. The van der Waals surface area contributed by atoms with Gasteiger partial charge in [0.1, 0.15) is 0 Å². The molecule has 0 unspecified atom stereocenters. The number of hydrogen-bond donors (Lipinski definition) is 2. The van der Waals surface area contributed by atoms with E-state index < -0.39 is 0 Å². The Labute approximate surface area is 133 Å². The smallest absolute Gasteiger partial charge is 0.323 e. The maximum atomic E-state index is 11.8. The van der Waals surface area contributed by atoms with Crippen LogP contribution in [0, 0.1) is 5.92 Å². The molecule has 0 saturated carbocycles. The molecule has 4 heteroatoms. The lowest BCUT2D eigenvalue weighted by atomic mass is 10.1. The fraction of sp³-hybridized carbons (Fsp3) is 0.500. The van der Waals surface area contributed by atoms with Crippen LogP contribution < -0.4 is 15.5 Å². The van der Waals surface area contributed by atoms with Gasteiger partial charge in [-0.2, -0.15) is 0 Å². The van der Waals surface area contributed by atoms with E-state index in [1.807, 2.05) is 19.1 Å². The lowest BCUT2D eigenvalue weighted by Gasteiger charge is -2.28. The molecular weight excluding hydrogens is 274 g/mol. The van der Waals surface area contributed by atoms with Gasteiger partial charge < -0.3 is 15.5 Å². The molecule has 0 radical (unpaired) electrons. The van der Waals surface area contributed by atoms with E-state index in [0.29, 0.717) is 5.92 Å². The summed E-state index contributed by atoms with van der Waals surface area (Å²) in [6, 6.07) is 7.88.